The Labute approximate surface area is 133 Å². The number of hydrogen-bond acceptors (Lipinski definition) is 4. The number of hydrogen-bond donors (Lipinski definition) is 1. The molecule has 21 heavy (non-hydrogen) atoms. The Balaban J connectivity index is 2.34. The first-order valence-electron chi connectivity index (χ1n) is 6.36. The average molecular weight is 370 g/mol. The van der Waals surface area contributed by atoms with Crippen LogP contribution >= 0.6 is 15.9 Å². The Bertz CT molecular complexity index is 744. The summed E-state index contributed by atoms with van der Waals surface area (Å²) in [5, 5.41) is 0. The molecule has 0 aliphatic rings. The van der Waals surface area contributed by atoms with Gasteiger partial charge in [-0.15, -0.1) is 0 Å². The van der Waals surface area contributed by atoms with Crippen molar-refractivity contribution in [2.75, 3.05) is 12.8 Å². The van der Waals surface area contributed by atoms with Crippen LogP contribution in [0.25, 0.3) is 0 Å². The van der Waals surface area contributed by atoms with Gasteiger partial charge < -0.3 is 10.5 Å². The van der Waals surface area contributed by atoms with E-state index in [-0.39, 0.29) is 4.90 Å². The molecule has 2 aromatic rings. The SMILES string of the molecule is CS(=O)(=O)c1cccc(Oc2ccc(Br)cc2CCN)c1. The lowest BCUT2D eigenvalue weighted by Crippen LogP contribution is -2.04. The minimum atomic E-state index is -3.25. The summed E-state index contributed by atoms with van der Waals surface area (Å²) in [6.45, 7) is 0.510. The van der Waals surface area contributed by atoms with Crippen LogP contribution in [0.3, 0.4) is 0 Å². The van der Waals surface area contributed by atoms with E-state index in [2.05, 4.69) is 15.9 Å². The zero-order valence-corrected chi connectivity index (χ0v) is 13.9. The zero-order valence-electron chi connectivity index (χ0n) is 11.5. The Morgan fingerprint density at radius 3 is 2.62 bits per heavy atom. The predicted molar refractivity (Wildman–Crippen MR) is 86.5 cm³/mol. The van der Waals surface area contributed by atoms with Crippen LogP contribution < -0.4 is 10.5 Å². The maximum absolute atomic E-state index is 11.6. The Kier molecular flexibility index (Phi) is 5.03. The van der Waals surface area contributed by atoms with Crippen LogP contribution in [-0.2, 0) is 16.3 Å². The third kappa shape index (κ3) is 4.30. The lowest BCUT2D eigenvalue weighted by atomic mass is 10.1. The van der Waals surface area contributed by atoms with Crippen LogP contribution in [0.1, 0.15) is 5.56 Å². The van der Waals surface area contributed by atoms with E-state index in [4.69, 9.17) is 10.5 Å². The molecule has 2 rings (SSSR count). The Morgan fingerprint density at radius 1 is 1.19 bits per heavy atom. The van der Waals surface area contributed by atoms with Gasteiger partial charge in [0.15, 0.2) is 9.84 Å². The predicted octanol–water partition coefficient (Wildman–Crippen LogP) is 3.15. The smallest absolute Gasteiger partial charge is 0.175 e. The fourth-order valence-electron chi connectivity index (χ4n) is 1.89. The van der Waals surface area contributed by atoms with Crippen LogP contribution in [0.2, 0.25) is 0 Å². The second kappa shape index (κ2) is 6.60. The van der Waals surface area contributed by atoms with Crippen molar-refractivity contribution in [1.29, 1.82) is 0 Å². The van der Waals surface area contributed by atoms with E-state index < -0.39 is 9.84 Å². The molecule has 0 saturated heterocycles. The van der Waals surface area contributed by atoms with Gasteiger partial charge in [0.1, 0.15) is 11.5 Å². The molecule has 0 heterocycles. The molecular formula is C15H16BrNO3S. The summed E-state index contributed by atoms with van der Waals surface area (Å²) in [4.78, 5) is 0.234. The number of halogens is 1. The van der Waals surface area contributed by atoms with Gasteiger partial charge in [0, 0.05) is 10.7 Å². The molecule has 6 heteroatoms. The second-order valence-corrected chi connectivity index (χ2v) is 7.57. The van der Waals surface area contributed by atoms with E-state index in [1.807, 2.05) is 18.2 Å². The van der Waals surface area contributed by atoms with Gasteiger partial charge in [-0.2, -0.15) is 0 Å². The quantitative estimate of drug-likeness (QED) is 0.878. The average Bonchev–Trinajstić information content (AvgIpc) is 2.42. The standard InChI is InChI=1S/C15H16BrNO3S/c1-21(18,19)14-4-2-3-13(10-14)20-15-6-5-12(16)9-11(15)7-8-17/h2-6,9-10H,7-8,17H2,1H3. The minimum absolute atomic E-state index is 0.234. The molecule has 0 unspecified atom stereocenters. The highest BCUT2D eigenvalue weighted by Crippen LogP contribution is 2.29. The molecule has 0 aliphatic carbocycles. The lowest BCUT2D eigenvalue weighted by molar-refractivity contribution is 0.474. The van der Waals surface area contributed by atoms with E-state index >= 15 is 0 Å². The van der Waals surface area contributed by atoms with Gasteiger partial charge in [-0.25, -0.2) is 8.42 Å². The van der Waals surface area contributed by atoms with Gasteiger partial charge in [-0.1, -0.05) is 22.0 Å². The number of benzene rings is 2. The first kappa shape index (κ1) is 16.0. The van der Waals surface area contributed by atoms with Crippen LogP contribution in [-0.4, -0.2) is 21.2 Å². The minimum Gasteiger partial charge on any atom is -0.457 e. The molecule has 2 N–H and O–H groups in total. The molecule has 0 spiro atoms. The number of nitrogens with two attached hydrogens (primary N) is 1. The molecule has 0 aliphatic heterocycles. The maximum Gasteiger partial charge on any atom is 0.175 e. The fraction of sp³-hybridized carbons (Fsp3) is 0.200. The van der Waals surface area contributed by atoms with Crippen LogP contribution in [0.15, 0.2) is 51.8 Å². The van der Waals surface area contributed by atoms with Gasteiger partial charge >= 0.3 is 0 Å². The van der Waals surface area contributed by atoms with E-state index in [0.717, 1.165) is 10.0 Å². The van der Waals surface area contributed by atoms with Gasteiger partial charge in [0.25, 0.3) is 0 Å². The molecular weight excluding hydrogens is 354 g/mol. The van der Waals surface area contributed by atoms with Crippen molar-refractivity contribution >= 4 is 25.8 Å². The summed E-state index contributed by atoms with van der Waals surface area (Å²) < 4.78 is 29.9. The molecule has 0 fully saturated rings. The topological polar surface area (TPSA) is 69.4 Å². The van der Waals surface area contributed by atoms with Crippen molar-refractivity contribution in [1.82, 2.24) is 0 Å². The summed E-state index contributed by atoms with van der Waals surface area (Å²) in [5.41, 5.74) is 6.57. The summed E-state index contributed by atoms with van der Waals surface area (Å²) in [7, 11) is -3.25. The monoisotopic (exact) mass is 369 g/mol. The van der Waals surface area contributed by atoms with E-state index in [1.165, 1.54) is 12.3 Å². The van der Waals surface area contributed by atoms with Gasteiger partial charge in [-0.05, 0) is 54.9 Å². The molecule has 0 radical (unpaired) electrons. The summed E-state index contributed by atoms with van der Waals surface area (Å²) in [6, 6.07) is 12.1. The van der Waals surface area contributed by atoms with Gasteiger partial charge in [0.2, 0.25) is 0 Å². The number of ether oxygens (including phenoxy) is 1. The molecule has 2 aromatic carbocycles. The zero-order chi connectivity index (χ0) is 15.5. The summed E-state index contributed by atoms with van der Waals surface area (Å²) in [6.07, 6.45) is 1.85. The van der Waals surface area contributed by atoms with E-state index in [9.17, 15) is 8.42 Å². The van der Waals surface area contributed by atoms with Gasteiger partial charge in [-0.3, -0.25) is 0 Å². The lowest BCUT2D eigenvalue weighted by Gasteiger charge is -2.12. The van der Waals surface area contributed by atoms with Crippen molar-refractivity contribution in [2.24, 2.45) is 5.73 Å². The highest BCUT2D eigenvalue weighted by molar-refractivity contribution is 9.10. The molecule has 0 saturated carbocycles. The first-order valence-corrected chi connectivity index (χ1v) is 9.05. The highest BCUT2D eigenvalue weighted by Gasteiger charge is 2.10. The van der Waals surface area contributed by atoms with Crippen LogP contribution in [0.5, 0.6) is 11.5 Å². The second-order valence-electron chi connectivity index (χ2n) is 4.64. The molecule has 0 atom stereocenters. The van der Waals surface area contributed by atoms with Crippen molar-refractivity contribution in [3.63, 3.8) is 0 Å². The Hall–Kier alpha value is -1.37. The Morgan fingerprint density at radius 2 is 1.95 bits per heavy atom. The van der Waals surface area contributed by atoms with Gasteiger partial charge in [0.05, 0.1) is 4.90 Å². The third-order valence-corrected chi connectivity index (χ3v) is 4.50. The molecule has 0 bridgehead atoms. The maximum atomic E-state index is 11.6. The van der Waals surface area contributed by atoms with E-state index in [0.29, 0.717) is 24.5 Å². The van der Waals surface area contributed by atoms with Crippen molar-refractivity contribution < 1.29 is 13.2 Å². The number of sulfone groups is 1. The molecule has 112 valence electrons. The van der Waals surface area contributed by atoms with Crippen molar-refractivity contribution in [3.8, 4) is 11.5 Å². The molecule has 0 aromatic heterocycles. The van der Waals surface area contributed by atoms with Crippen molar-refractivity contribution in [2.45, 2.75) is 11.3 Å². The molecule has 4 nitrogen and oxygen atoms in total. The third-order valence-electron chi connectivity index (χ3n) is 2.90. The molecule has 0 amide bonds. The summed E-state index contributed by atoms with van der Waals surface area (Å²) in [5.74, 6) is 1.16. The fourth-order valence-corrected chi connectivity index (χ4v) is 2.96. The summed E-state index contributed by atoms with van der Waals surface area (Å²) >= 11 is 3.41. The largest absolute Gasteiger partial charge is 0.457 e. The normalized spacial score (nSPS) is 11.4. The van der Waals surface area contributed by atoms with Crippen LogP contribution in [0, 0.1) is 0 Å². The first-order chi connectivity index (χ1) is 9.90. The van der Waals surface area contributed by atoms with Crippen molar-refractivity contribution in [3.05, 3.63) is 52.5 Å². The number of rotatable bonds is 5. The van der Waals surface area contributed by atoms with E-state index in [1.54, 1.807) is 18.2 Å². The highest BCUT2D eigenvalue weighted by atomic mass is 79.9. The van der Waals surface area contributed by atoms with Crippen LogP contribution in [0.4, 0.5) is 0 Å².